The maximum atomic E-state index is 12.1. The third-order valence-corrected chi connectivity index (χ3v) is 2.92. The Balaban J connectivity index is 2.69. The molecule has 1 saturated heterocycles. The van der Waals surface area contributed by atoms with E-state index in [2.05, 4.69) is 25.7 Å². The topological polar surface area (TPSA) is 20.3 Å². The van der Waals surface area contributed by atoms with Crippen molar-refractivity contribution in [2.75, 3.05) is 6.54 Å². The second-order valence-corrected chi connectivity index (χ2v) is 6.28. The molecular formula is C12H23NO. The van der Waals surface area contributed by atoms with Crippen LogP contribution in [0.3, 0.4) is 0 Å². The van der Waals surface area contributed by atoms with E-state index in [0.717, 1.165) is 13.0 Å². The summed E-state index contributed by atoms with van der Waals surface area (Å²) < 4.78 is 0. The molecule has 14 heavy (non-hydrogen) atoms. The minimum Gasteiger partial charge on any atom is -0.297 e. The van der Waals surface area contributed by atoms with Crippen LogP contribution in [0.15, 0.2) is 0 Å². The lowest BCUT2D eigenvalue weighted by Crippen LogP contribution is -2.62. The summed E-state index contributed by atoms with van der Waals surface area (Å²) in [6, 6.07) is 0.162. The smallest absolute Gasteiger partial charge is 0.155 e. The zero-order chi connectivity index (χ0) is 11.1. The molecule has 0 aromatic carbocycles. The van der Waals surface area contributed by atoms with Crippen molar-refractivity contribution in [3.8, 4) is 0 Å². The minimum atomic E-state index is -0.200. The molecule has 82 valence electrons. The van der Waals surface area contributed by atoms with E-state index in [1.807, 2.05) is 20.8 Å². The van der Waals surface area contributed by atoms with Crippen LogP contribution in [-0.4, -0.2) is 28.8 Å². The van der Waals surface area contributed by atoms with Gasteiger partial charge in [-0.05, 0) is 27.2 Å². The van der Waals surface area contributed by atoms with Gasteiger partial charge in [-0.15, -0.1) is 0 Å². The molecule has 1 aliphatic rings. The lowest BCUT2D eigenvalue weighted by atomic mass is 9.79. The third kappa shape index (κ3) is 2.17. The van der Waals surface area contributed by atoms with Crippen LogP contribution in [0.1, 0.15) is 48.0 Å². The van der Waals surface area contributed by atoms with Crippen molar-refractivity contribution in [1.82, 2.24) is 4.90 Å². The SMILES string of the molecule is CC(C)(C)C(=O)[C@@H]1CCN1C(C)(C)C. The molecule has 0 spiro atoms. The first-order valence-corrected chi connectivity index (χ1v) is 5.45. The van der Waals surface area contributed by atoms with Crippen molar-refractivity contribution in [2.24, 2.45) is 5.41 Å². The van der Waals surface area contributed by atoms with Gasteiger partial charge in [0.15, 0.2) is 5.78 Å². The molecule has 0 aromatic heterocycles. The zero-order valence-electron chi connectivity index (χ0n) is 10.3. The number of hydrogen-bond donors (Lipinski definition) is 0. The normalized spacial score (nSPS) is 24.6. The van der Waals surface area contributed by atoms with Gasteiger partial charge in [0.05, 0.1) is 6.04 Å². The van der Waals surface area contributed by atoms with Crippen molar-refractivity contribution < 1.29 is 4.79 Å². The van der Waals surface area contributed by atoms with Crippen molar-refractivity contribution in [2.45, 2.75) is 59.5 Å². The van der Waals surface area contributed by atoms with Crippen molar-refractivity contribution >= 4 is 5.78 Å². The number of rotatable bonds is 1. The van der Waals surface area contributed by atoms with Crippen LogP contribution < -0.4 is 0 Å². The van der Waals surface area contributed by atoms with E-state index in [0.29, 0.717) is 5.78 Å². The van der Waals surface area contributed by atoms with Crippen molar-refractivity contribution in [3.05, 3.63) is 0 Å². The number of Topliss-reactive ketones (excluding diaryl/α,β-unsaturated/α-hetero) is 1. The highest BCUT2D eigenvalue weighted by Crippen LogP contribution is 2.32. The molecule has 0 N–H and O–H groups in total. The fourth-order valence-electron chi connectivity index (χ4n) is 1.96. The fraction of sp³-hybridized carbons (Fsp3) is 0.917. The van der Waals surface area contributed by atoms with Gasteiger partial charge in [-0.1, -0.05) is 20.8 Å². The van der Waals surface area contributed by atoms with E-state index in [-0.39, 0.29) is 17.0 Å². The Labute approximate surface area is 87.7 Å². The molecule has 0 radical (unpaired) electrons. The van der Waals surface area contributed by atoms with Crippen LogP contribution in [0, 0.1) is 5.41 Å². The molecule has 1 atom stereocenters. The molecule has 0 saturated carbocycles. The first-order valence-electron chi connectivity index (χ1n) is 5.45. The summed E-state index contributed by atoms with van der Waals surface area (Å²) >= 11 is 0. The van der Waals surface area contributed by atoms with Crippen LogP contribution >= 0.6 is 0 Å². The second kappa shape index (κ2) is 3.34. The number of ketones is 1. The summed E-state index contributed by atoms with van der Waals surface area (Å²) in [4.78, 5) is 14.4. The van der Waals surface area contributed by atoms with Gasteiger partial charge in [0.1, 0.15) is 0 Å². The summed E-state index contributed by atoms with van der Waals surface area (Å²) in [5.74, 6) is 0.388. The molecule has 1 fully saturated rings. The fourth-order valence-corrected chi connectivity index (χ4v) is 1.96. The van der Waals surface area contributed by atoms with Gasteiger partial charge < -0.3 is 0 Å². The van der Waals surface area contributed by atoms with Gasteiger partial charge in [-0.3, -0.25) is 9.69 Å². The van der Waals surface area contributed by atoms with Crippen LogP contribution in [0.2, 0.25) is 0 Å². The molecule has 0 aromatic rings. The highest BCUT2D eigenvalue weighted by molar-refractivity contribution is 5.89. The lowest BCUT2D eigenvalue weighted by Gasteiger charge is -2.50. The number of likely N-dealkylation sites (tertiary alicyclic amines) is 1. The average Bonchev–Trinajstić information content (AvgIpc) is 1.77. The molecule has 0 aliphatic carbocycles. The van der Waals surface area contributed by atoms with Gasteiger partial charge in [-0.25, -0.2) is 0 Å². The Hall–Kier alpha value is -0.370. The molecule has 0 bridgehead atoms. The van der Waals surface area contributed by atoms with Gasteiger partial charge >= 0.3 is 0 Å². The van der Waals surface area contributed by atoms with Crippen LogP contribution in [0.4, 0.5) is 0 Å². The maximum Gasteiger partial charge on any atom is 0.155 e. The van der Waals surface area contributed by atoms with Gasteiger partial charge in [-0.2, -0.15) is 0 Å². The largest absolute Gasteiger partial charge is 0.297 e. The van der Waals surface area contributed by atoms with E-state index in [1.165, 1.54) is 0 Å². The van der Waals surface area contributed by atoms with Crippen LogP contribution in [0.5, 0.6) is 0 Å². The first-order chi connectivity index (χ1) is 6.14. The quantitative estimate of drug-likeness (QED) is 0.643. The van der Waals surface area contributed by atoms with E-state index in [9.17, 15) is 4.79 Å². The second-order valence-electron chi connectivity index (χ2n) is 6.28. The summed E-state index contributed by atoms with van der Waals surface area (Å²) in [5.41, 5.74) is -0.0710. The van der Waals surface area contributed by atoms with Crippen LogP contribution in [0.25, 0.3) is 0 Å². The predicted octanol–water partition coefficient (Wildman–Crippen LogP) is 2.47. The highest BCUT2D eigenvalue weighted by Gasteiger charge is 2.43. The number of hydrogen-bond acceptors (Lipinski definition) is 2. The maximum absolute atomic E-state index is 12.1. The Morgan fingerprint density at radius 1 is 1.14 bits per heavy atom. The van der Waals surface area contributed by atoms with E-state index < -0.39 is 0 Å². The third-order valence-electron chi connectivity index (χ3n) is 2.92. The molecule has 1 aliphatic heterocycles. The number of nitrogens with zero attached hydrogens (tertiary/aromatic N) is 1. The molecule has 1 heterocycles. The monoisotopic (exact) mass is 197 g/mol. The van der Waals surface area contributed by atoms with Crippen LogP contribution in [-0.2, 0) is 4.79 Å². The Morgan fingerprint density at radius 3 is 1.86 bits per heavy atom. The summed E-state index contributed by atoms with van der Waals surface area (Å²) in [7, 11) is 0. The molecule has 1 rings (SSSR count). The standard InChI is InChI=1S/C12H23NO/c1-11(2,3)10(14)9-7-8-13(9)12(4,5)6/h9H,7-8H2,1-6H3/t9-/m0/s1. The number of carbonyl (C=O) groups excluding carboxylic acids is 1. The first kappa shape index (κ1) is 11.7. The van der Waals surface area contributed by atoms with Crippen molar-refractivity contribution in [3.63, 3.8) is 0 Å². The Morgan fingerprint density at radius 2 is 1.64 bits per heavy atom. The molecule has 0 amide bonds. The van der Waals surface area contributed by atoms with E-state index in [1.54, 1.807) is 0 Å². The average molecular weight is 197 g/mol. The Kier molecular flexibility index (Phi) is 2.79. The molecular weight excluding hydrogens is 174 g/mol. The lowest BCUT2D eigenvalue weighted by molar-refractivity contribution is -0.140. The summed E-state index contributed by atoms with van der Waals surface area (Å²) in [6.45, 7) is 13.6. The van der Waals surface area contributed by atoms with E-state index in [4.69, 9.17) is 0 Å². The molecule has 2 heteroatoms. The van der Waals surface area contributed by atoms with Gasteiger partial charge in [0, 0.05) is 17.5 Å². The number of carbonyl (C=O) groups is 1. The highest BCUT2D eigenvalue weighted by atomic mass is 16.1. The van der Waals surface area contributed by atoms with E-state index >= 15 is 0 Å². The Bertz CT molecular complexity index is 232. The predicted molar refractivity (Wildman–Crippen MR) is 59.3 cm³/mol. The van der Waals surface area contributed by atoms with Gasteiger partial charge in [0.25, 0.3) is 0 Å². The zero-order valence-corrected chi connectivity index (χ0v) is 10.3. The molecule has 0 unspecified atom stereocenters. The van der Waals surface area contributed by atoms with Gasteiger partial charge in [0.2, 0.25) is 0 Å². The summed E-state index contributed by atoms with van der Waals surface area (Å²) in [5, 5.41) is 0. The minimum absolute atomic E-state index is 0.129. The molecule has 2 nitrogen and oxygen atoms in total. The van der Waals surface area contributed by atoms with Crippen molar-refractivity contribution in [1.29, 1.82) is 0 Å². The summed E-state index contributed by atoms with van der Waals surface area (Å²) in [6.07, 6.45) is 1.04.